The van der Waals surface area contributed by atoms with Gasteiger partial charge in [-0.15, -0.1) is 4.98 Å². The minimum absolute atomic E-state index is 0.135. The molecule has 0 saturated carbocycles. The van der Waals surface area contributed by atoms with Gasteiger partial charge in [-0.25, -0.2) is 9.59 Å². The van der Waals surface area contributed by atoms with Crippen LogP contribution >= 0.6 is 0 Å². The molecule has 2 atom stereocenters. The van der Waals surface area contributed by atoms with Crippen LogP contribution in [0.4, 0.5) is 16.4 Å². The number of amides is 1. The van der Waals surface area contributed by atoms with E-state index in [1.54, 1.807) is 28.7 Å². The van der Waals surface area contributed by atoms with E-state index in [2.05, 4.69) is 14.8 Å². The molecule has 1 fully saturated rings. The molecular formula is C28H34N6O4. The molecule has 3 heterocycles. The lowest BCUT2D eigenvalue weighted by Crippen LogP contribution is -2.60. The number of anilines is 1. The Morgan fingerprint density at radius 2 is 1.84 bits per heavy atom. The summed E-state index contributed by atoms with van der Waals surface area (Å²) in [4.78, 5) is 42.7. The second kappa shape index (κ2) is 10.7. The van der Waals surface area contributed by atoms with E-state index < -0.39 is 11.3 Å². The molecule has 1 aliphatic rings. The summed E-state index contributed by atoms with van der Waals surface area (Å²) in [6.45, 7) is 18.2. The van der Waals surface area contributed by atoms with Crippen molar-refractivity contribution in [3.63, 3.8) is 0 Å². The van der Waals surface area contributed by atoms with Gasteiger partial charge in [0.1, 0.15) is 11.4 Å². The Hall–Kier alpha value is -4.13. The molecule has 4 rings (SSSR count). The summed E-state index contributed by atoms with van der Waals surface area (Å²) in [5.41, 5.74) is 0.984. The number of methoxy groups -OCH3 is 1. The number of piperazine rings is 1. The van der Waals surface area contributed by atoms with E-state index in [-0.39, 0.29) is 24.0 Å². The zero-order chi connectivity index (χ0) is 27.6. The number of benzene rings is 1. The molecule has 1 aliphatic heterocycles. The fraction of sp³-hybridized carbons (Fsp3) is 0.464. The van der Waals surface area contributed by atoms with E-state index >= 15 is 0 Å². The Morgan fingerprint density at radius 3 is 2.45 bits per heavy atom. The number of carbonyl (C=O) groups excluding carboxylic acids is 1. The number of aromatic nitrogens is 3. The van der Waals surface area contributed by atoms with E-state index in [1.165, 1.54) is 0 Å². The Kier molecular flexibility index (Phi) is 7.58. The molecule has 10 heteroatoms. The molecule has 38 heavy (non-hydrogen) atoms. The first kappa shape index (κ1) is 26.9. The SMILES string of the molecule is [C-]#[N+]c1ccc2c(n1)c(N1C[C@@H](CC)N(C(=O)OC(C)(C)C)C[C@@H]1C)nc(=O)n2Cc1ccc(OC)cc1. The van der Waals surface area contributed by atoms with Crippen molar-refractivity contribution in [2.45, 2.75) is 65.3 Å². The zero-order valence-electron chi connectivity index (χ0n) is 22.8. The van der Waals surface area contributed by atoms with Crippen LogP contribution in [0.1, 0.15) is 46.6 Å². The Labute approximate surface area is 222 Å². The van der Waals surface area contributed by atoms with Crippen molar-refractivity contribution in [2.75, 3.05) is 25.1 Å². The van der Waals surface area contributed by atoms with Crippen LogP contribution in [-0.2, 0) is 11.3 Å². The van der Waals surface area contributed by atoms with Gasteiger partial charge in [0, 0.05) is 19.1 Å². The van der Waals surface area contributed by atoms with Gasteiger partial charge < -0.3 is 24.1 Å². The number of hydrogen-bond acceptors (Lipinski definition) is 7. The fourth-order valence-corrected chi connectivity index (χ4v) is 4.69. The number of ether oxygens (including phenoxy) is 2. The third-order valence-corrected chi connectivity index (χ3v) is 6.62. The lowest BCUT2D eigenvalue weighted by molar-refractivity contribution is 0.0106. The van der Waals surface area contributed by atoms with Crippen molar-refractivity contribution in [3.05, 3.63) is 63.9 Å². The number of fused-ring (bicyclic) bond motifs is 1. The number of rotatable bonds is 5. The van der Waals surface area contributed by atoms with Gasteiger partial charge in [0.15, 0.2) is 5.82 Å². The molecule has 0 spiro atoms. The quantitative estimate of drug-likeness (QED) is 0.455. The highest BCUT2D eigenvalue weighted by Gasteiger charge is 2.38. The van der Waals surface area contributed by atoms with Gasteiger partial charge in [-0.2, -0.15) is 4.98 Å². The lowest BCUT2D eigenvalue weighted by atomic mass is 10.1. The topological polar surface area (TPSA) is 94.2 Å². The van der Waals surface area contributed by atoms with Gasteiger partial charge >= 0.3 is 11.8 Å². The molecule has 0 radical (unpaired) electrons. The number of hydrogen-bond donors (Lipinski definition) is 0. The average Bonchev–Trinajstić information content (AvgIpc) is 2.89. The van der Waals surface area contributed by atoms with Crippen molar-refractivity contribution in [1.29, 1.82) is 0 Å². The molecule has 10 nitrogen and oxygen atoms in total. The van der Waals surface area contributed by atoms with Crippen molar-refractivity contribution in [3.8, 4) is 5.75 Å². The van der Waals surface area contributed by atoms with Crippen molar-refractivity contribution < 1.29 is 14.3 Å². The smallest absolute Gasteiger partial charge is 0.410 e. The lowest BCUT2D eigenvalue weighted by Gasteiger charge is -2.45. The first-order chi connectivity index (χ1) is 18.0. The molecule has 0 bridgehead atoms. The van der Waals surface area contributed by atoms with Gasteiger partial charge in [0.05, 0.1) is 25.2 Å². The van der Waals surface area contributed by atoms with Crippen LogP contribution in [0.15, 0.2) is 41.2 Å². The van der Waals surface area contributed by atoms with E-state index in [0.29, 0.717) is 42.9 Å². The van der Waals surface area contributed by atoms with Crippen molar-refractivity contribution in [2.24, 2.45) is 0 Å². The van der Waals surface area contributed by atoms with Gasteiger partial charge in [0.2, 0.25) is 5.52 Å². The average molecular weight is 519 g/mol. The highest BCUT2D eigenvalue weighted by atomic mass is 16.6. The summed E-state index contributed by atoms with van der Waals surface area (Å²) in [6, 6.07) is 10.6. The summed E-state index contributed by atoms with van der Waals surface area (Å²) in [5, 5.41) is 0. The Bertz CT molecular complexity index is 1420. The molecule has 1 saturated heterocycles. The van der Waals surface area contributed by atoms with Crippen LogP contribution in [0.3, 0.4) is 0 Å². The maximum absolute atomic E-state index is 13.4. The predicted molar refractivity (Wildman–Crippen MR) is 146 cm³/mol. The molecule has 200 valence electrons. The van der Waals surface area contributed by atoms with Crippen molar-refractivity contribution in [1.82, 2.24) is 19.4 Å². The molecule has 1 amide bonds. The minimum atomic E-state index is -0.595. The van der Waals surface area contributed by atoms with Gasteiger partial charge in [-0.1, -0.05) is 25.6 Å². The molecular weight excluding hydrogens is 484 g/mol. The predicted octanol–water partition coefficient (Wildman–Crippen LogP) is 4.62. The van der Waals surface area contributed by atoms with E-state index in [0.717, 1.165) is 11.3 Å². The normalized spacial score (nSPS) is 17.8. The fourth-order valence-electron chi connectivity index (χ4n) is 4.69. The summed E-state index contributed by atoms with van der Waals surface area (Å²) in [5.74, 6) is 1.38. The summed E-state index contributed by atoms with van der Waals surface area (Å²) < 4.78 is 12.5. The zero-order valence-corrected chi connectivity index (χ0v) is 22.8. The standard InChI is InChI=1S/C28H34N6O4/c1-8-20-17-32(18(2)15-33(20)27(36)38-28(3,4)5)25-24-22(13-14-23(29-6)30-24)34(26(35)31-25)16-19-9-11-21(37-7)12-10-19/h9-14,18,20H,8,15-17H2,1-5,7H3/t18-,20+/m0/s1. The van der Waals surface area contributed by atoms with E-state index in [1.807, 2.05) is 63.8 Å². The third-order valence-electron chi connectivity index (χ3n) is 6.62. The van der Waals surface area contributed by atoms with Crippen LogP contribution in [0.5, 0.6) is 5.75 Å². The van der Waals surface area contributed by atoms with Crippen LogP contribution < -0.4 is 15.3 Å². The third kappa shape index (κ3) is 5.57. The number of nitrogens with zero attached hydrogens (tertiary/aromatic N) is 6. The first-order valence-corrected chi connectivity index (χ1v) is 12.7. The Balaban J connectivity index is 1.75. The van der Waals surface area contributed by atoms with Crippen LogP contribution in [0.25, 0.3) is 15.9 Å². The molecule has 3 aromatic rings. The van der Waals surface area contributed by atoms with Gasteiger partial charge in [-0.05, 0) is 63.9 Å². The van der Waals surface area contributed by atoms with Crippen LogP contribution in [0.2, 0.25) is 0 Å². The Morgan fingerprint density at radius 1 is 1.13 bits per heavy atom. The summed E-state index contributed by atoms with van der Waals surface area (Å²) in [7, 11) is 1.60. The molecule has 1 aromatic carbocycles. The van der Waals surface area contributed by atoms with Crippen molar-refractivity contribution >= 4 is 28.8 Å². The largest absolute Gasteiger partial charge is 0.497 e. The monoisotopic (exact) mass is 518 g/mol. The summed E-state index contributed by atoms with van der Waals surface area (Å²) in [6.07, 6.45) is 0.354. The highest BCUT2D eigenvalue weighted by Crippen LogP contribution is 2.30. The molecule has 0 unspecified atom stereocenters. The van der Waals surface area contributed by atoms with Gasteiger partial charge in [-0.3, -0.25) is 4.57 Å². The molecule has 0 N–H and O–H groups in total. The van der Waals surface area contributed by atoms with Gasteiger partial charge in [0.25, 0.3) is 5.82 Å². The van der Waals surface area contributed by atoms with E-state index in [9.17, 15) is 9.59 Å². The second-order valence-corrected chi connectivity index (χ2v) is 10.5. The molecule has 2 aromatic heterocycles. The maximum Gasteiger partial charge on any atom is 0.410 e. The van der Waals surface area contributed by atoms with E-state index in [4.69, 9.17) is 16.0 Å². The first-order valence-electron chi connectivity index (χ1n) is 12.7. The van der Waals surface area contributed by atoms with Crippen LogP contribution in [0, 0.1) is 6.57 Å². The maximum atomic E-state index is 13.4. The van der Waals surface area contributed by atoms with Crippen LogP contribution in [-0.4, -0.2) is 63.4 Å². The molecule has 0 aliphatic carbocycles. The summed E-state index contributed by atoms with van der Waals surface area (Å²) >= 11 is 0. The number of pyridine rings is 1. The minimum Gasteiger partial charge on any atom is -0.497 e. The highest BCUT2D eigenvalue weighted by molar-refractivity contribution is 5.87. The second-order valence-electron chi connectivity index (χ2n) is 10.5. The number of carbonyl (C=O) groups is 1.